The fraction of sp³-hybridized carbons (Fsp3) is 0. The van der Waals surface area contributed by atoms with Crippen molar-refractivity contribution in [1.82, 2.24) is 4.98 Å². The summed E-state index contributed by atoms with van der Waals surface area (Å²) in [6, 6.07) is 21.5. The van der Waals surface area contributed by atoms with Crippen LogP contribution in [0.3, 0.4) is 0 Å². The van der Waals surface area contributed by atoms with Crippen molar-refractivity contribution in [3.63, 3.8) is 0 Å². The zero-order valence-corrected chi connectivity index (χ0v) is 10.7. The predicted octanol–water partition coefficient (Wildman–Crippen LogP) is 5.13. The summed E-state index contributed by atoms with van der Waals surface area (Å²) >= 11 is 0. The molecule has 0 saturated heterocycles. The predicted molar refractivity (Wildman–Crippen MR) is 81.2 cm³/mol. The zero-order chi connectivity index (χ0) is 13.5. The highest BCUT2D eigenvalue weighted by Crippen LogP contribution is 2.28. The van der Waals surface area contributed by atoms with Crippen LogP contribution in [0.5, 0.6) is 0 Å². The van der Waals surface area contributed by atoms with Gasteiger partial charge in [0.1, 0.15) is 5.82 Å². The van der Waals surface area contributed by atoms with Crippen molar-refractivity contribution in [2.75, 3.05) is 0 Å². The van der Waals surface area contributed by atoms with E-state index in [4.69, 9.17) is 0 Å². The largest absolute Gasteiger partial charge is 0.354 e. The van der Waals surface area contributed by atoms with E-state index in [1.165, 1.54) is 16.8 Å². The lowest BCUT2D eigenvalue weighted by Gasteiger charge is -2.01. The maximum Gasteiger partial charge on any atom is 0.132 e. The Balaban J connectivity index is 1.94. The lowest BCUT2D eigenvalue weighted by molar-refractivity contribution is 0.640. The van der Waals surface area contributed by atoms with E-state index in [9.17, 15) is 4.39 Å². The van der Waals surface area contributed by atoms with Crippen LogP contribution in [0.2, 0.25) is 0 Å². The maximum atomic E-state index is 13.7. The molecule has 4 rings (SSSR count). The van der Waals surface area contributed by atoms with Crippen molar-refractivity contribution in [2.45, 2.75) is 0 Å². The van der Waals surface area contributed by atoms with Crippen LogP contribution >= 0.6 is 0 Å². The maximum absolute atomic E-state index is 13.7. The van der Waals surface area contributed by atoms with Crippen molar-refractivity contribution >= 4 is 21.7 Å². The van der Waals surface area contributed by atoms with Crippen LogP contribution in [0, 0.1) is 5.82 Å². The average Bonchev–Trinajstić information content (AvgIpc) is 2.92. The second kappa shape index (κ2) is 4.20. The number of aromatic nitrogens is 1. The van der Waals surface area contributed by atoms with Gasteiger partial charge in [-0.2, -0.15) is 0 Å². The highest BCUT2D eigenvalue weighted by molar-refractivity contribution is 5.90. The Hall–Kier alpha value is -2.61. The number of halogens is 1. The highest BCUT2D eigenvalue weighted by atomic mass is 19.1. The minimum absolute atomic E-state index is 0.189. The molecule has 96 valence electrons. The van der Waals surface area contributed by atoms with Gasteiger partial charge in [0.15, 0.2) is 0 Å². The summed E-state index contributed by atoms with van der Waals surface area (Å²) < 4.78 is 13.7. The van der Waals surface area contributed by atoms with Gasteiger partial charge in [-0.15, -0.1) is 0 Å². The van der Waals surface area contributed by atoms with E-state index >= 15 is 0 Å². The van der Waals surface area contributed by atoms with Crippen LogP contribution in [-0.2, 0) is 0 Å². The molecule has 0 saturated carbocycles. The number of aromatic amines is 1. The first kappa shape index (κ1) is 11.2. The van der Waals surface area contributed by atoms with Gasteiger partial charge in [-0.1, -0.05) is 42.5 Å². The molecule has 0 radical (unpaired) electrons. The molecule has 1 nitrogen and oxygen atoms in total. The van der Waals surface area contributed by atoms with Crippen LogP contribution in [0.4, 0.5) is 4.39 Å². The third-order valence-corrected chi connectivity index (χ3v) is 3.67. The van der Waals surface area contributed by atoms with Crippen molar-refractivity contribution in [3.05, 3.63) is 72.5 Å². The fourth-order valence-corrected chi connectivity index (χ4v) is 2.63. The number of benzene rings is 3. The average molecular weight is 261 g/mol. The smallest absolute Gasteiger partial charge is 0.132 e. The number of fused-ring (bicyclic) bond motifs is 2. The molecule has 0 fully saturated rings. The van der Waals surface area contributed by atoms with Crippen molar-refractivity contribution in [3.8, 4) is 11.3 Å². The molecular weight excluding hydrogens is 249 g/mol. The number of nitrogens with one attached hydrogen (secondary N) is 1. The summed E-state index contributed by atoms with van der Waals surface area (Å²) in [7, 11) is 0. The van der Waals surface area contributed by atoms with Gasteiger partial charge < -0.3 is 4.98 Å². The fourth-order valence-electron chi connectivity index (χ4n) is 2.63. The molecule has 0 aliphatic rings. The molecular formula is C18H12FN. The van der Waals surface area contributed by atoms with E-state index < -0.39 is 0 Å². The minimum Gasteiger partial charge on any atom is -0.354 e. The summed E-state index contributed by atoms with van der Waals surface area (Å²) in [5.74, 6) is -0.189. The van der Waals surface area contributed by atoms with Crippen LogP contribution < -0.4 is 0 Å². The van der Waals surface area contributed by atoms with E-state index in [2.05, 4.69) is 35.3 Å². The molecule has 0 aliphatic heterocycles. The minimum atomic E-state index is -0.189. The first-order chi connectivity index (χ1) is 9.81. The summed E-state index contributed by atoms with van der Waals surface area (Å²) in [6.07, 6.45) is 0. The second-order valence-electron chi connectivity index (χ2n) is 4.95. The number of hydrogen-bond acceptors (Lipinski definition) is 0. The third kappa shape index (κ3) is 1.69. The summed E-state index contributed by atoms with van der Waals surface area (Å²) in [6.45, 7) is 0. The molecule has 1 heterocycles. The van der Waals surface area contributed by atoms with Gasteiger partial charge in [-0.05, 0) is 40.6 Å². The second-order valence-corrected chi connectivity index (χ2v) is 4.95. The van der Waals surface area contributed by atoms with Crippen LogP contribution in [0.25, 0.3) is 32.9 Å². The zero-order valence-electron chi connectivity index (χ0n) is 10.7. The highest BCUT2D eigenvalue weighted by Gasteiger charge is 2.07. The number of hydrogen-bond donors (Lipinski definition) is 1. The molecule has 0 amide bonds. The lowest BCUT2D eigenvalue weighted by atomic mass is 10.1. The first-order valence-electron chi connectivity index (χ1n) is 6.58. The monoisotopic (exact) mass is 261 g/mol. The standard InChI is InChI=1S/C18H12FN/c19-16-6-3-7-17-15(16)11-18(20-17)14-9-8-12-4-1-2-5-13(12)10-14/h1-11,20H. The summed E-state index contributed by atoms with van der Waals surface area (Å²) in [5.41, 5.74) is 2.84. The Morgan fingerprint density at radius 1 is 0.750 bits per heavy atom. The Kier molecular flexibility index (Phi) is 2.36. The molecule has 1 N–H and O–H groups in total. The Bertz CT molecular complexity index is 921. The lowest BCUT2D eigenvalue weighted by Crippen LogP contribution is -1.78. The van der Waals surface area contributed by atoms with E-state index in [1.807, 2.05) is 24.3 Å². The Morgan fingerprint density at radius 3 is 2.45 bits per heavy atom. The van der Waals surface area contributed by atoms with E-state index in [-0.39, 0.29) is 5.82 Å². The molecule has 2 heteroatoms. The van der Waals surface area contributed by atoms with E-state index in [0.717, 1.165) is 16.8 Å². The molecule has 1 aromatic heterocycles. The van der Waals surface area contributed by atoms with E-state index in [0.29, 0.717) is 5.39 Å². The SMILES string of the molecule is Fc1cccc2[nH]c(-c3ccc4ccccc4c3)cc12. The van der Waals surface area contributed by atoms with Crippen molar-refractivity contribution in [1.29, 1.82) is 0 Å². The van der Waals surface area contributed by atoms with Gasteiger partial charge in [-0.25, -0.2) is 4.39 Å². The van der Waals surface area contributed by atoms with Crippen LogP contribution in [0.1, 0.15) is 0 Å². The van der Waals surface area contributed by atoms with Crippen LogP contribution in [-0.4, -0.2) is 4.98 Å². The molecule has 20 heavy (non-hydrogen) atoms. The molecule has 0 atom stereocenters. The number of rotatable bonds is 1. The quantitative estimate of drug-likeness (QED) is 0.489. The van der Waals surface area contributed by atoms with Gasteiger partial charge in [0.2, 0.25) is 0 Å². The Morgan fingerprint density at radius 2 is 1.60 bits per heavy atom. The van der Waals surface area contributed by atoms with Crippen molar-refractivity contribution < 1.29 is 4.39 Å². The molecule has 0 aliphatic carbocycles. The topological polar surface area (TPSA) is 15.8 Å². The number of H-pyrrole nitrogens is 1. The van der Waals surface area contributed by atoms with Gasteiger partial charge in [-0.3, -0.25) is 0 Å². The normalized spacial score (nSPS) is 11.2. The molecule has 0 bridgehead atoms. The summed E-state index contributed by atoms with van der Waals surface area (Å²) in [4.78, 5) is 3.28. The molecule has 3 aromatic carbocycles. The summed E-state index contributed by atoms with van der Waals surface area (Å²) in [5, 5.41) is 3.03. The van der Waals surface area contributed by atoms with Crippen molar-refractivity contribution in [2.24, 2.45) is 0 Å². The molecule has 0 unspecified atom stereocenters. The molecule has 0 spiro atoms. The molecule has 4 aromatic rings. The third-order valence-electron chi connectivity index (χ3n) is 3.67. The van der Waals surface area contributed by atoms with Crippen LogP contribution in [0.15, 0.2) is 66.7 Å². The van der Waals surface area contributed by atoms with Gasteiger partial charge in [0, 0.05) is 16.6 Å². The Labute approximate surface area is 115 Å². The van der Waals surface area contributed by atoms with Gasteiger partial charge in [0.05, 0.1) is 0 Å². The van der Waals surface area contributed by atoms with Gasteiger partial charge in [0.25, 0.3) is 0 Å². The van der Waals surface area contributed by atoms with Gasteiger partial charge >= 0.3 is 0 Å². The van der Waals surface area contributed by atoms with E-state index in [1.54, 1.807) is 6.07 Å². The first-order valence-corrected chi connectivity index (χ1v) is 6.58.